The van der Waals surface area contributed by atoms with Crippen molar-refractivity contribution in [1.29, 1.82) is 0 Å². The van der Waals surface area contributed by atoms with Crippen molar-refractivity contribution in [3.8, 4) is 0 Å². The van der Waals surface area contributed by atoms with E-state index in [2.05, 4.69) is 6.92 Å². The number of carbonyl (C=O) groups excluding carboxylic acids is 1. The van der Waals surface area contributed by atoms with E-state index in [-0.39, 0.29) is 30.8 Å². The molecule has 0 aromatic rings. The molecule has 0 saturated carbocycles. The van der Waals surface area contributed by atoms with Gasteiger partial charge in [0.25, 0.3) is 0 Å². The second-order valence-electron chi connectivity index (χ2n) is 12.8. The van der Waals surface area contributed by atoms with Crippen LogP contribution < -0.4 is 0 Å². The molecular formula is C36H52O11. The number of aliphatic hydroxyl groups is 1. The van der Waals surface area contributed by atoms with Crippen molar-refractivity contribution in [3.05, 3.63) is 59.8 Å². The largest absolute Gasteiger partial charge is 0.481 e. The summed E-state index contributed by atoms with van der Waals surface area (Å²) in [5, 5.41) is 37.4. The second kappa shape index (κ2) is 18.7. The highest BCUT2D eigenvalue weighted by atomic mass is 16.7. The molecule has 2 rings (SSSR count). The number of aliphatic carboxylic acids is 3. The average Bonchev–Trinajstić information content (AvgIpc) is 3.37. The van der Waals surface area contributed by atoms with Gasteiger partial charge in [-0.05, 0) is 57.1 Å². The predicted molar refractivity (Wildman–Crippen MR) is 175 cm³/mol. The number of allylic oxidation sites excluding steroid dienone is 4. The lowest BCUT2D eigenvalue weighted by Gasteiger charge is -2.44. The maximum atomic E-state index is 12.8. The van der Waals surface area contributed by atoms with E-state index in [1.54, 1.807) is 38.2 Å². The van der Waals surface area contributed by atoms with Crippen LogP contribution in [-0.2, 0) is 33.4 Å². The van der Waals surface area contributed by atoms with E-state index in [0.717, 1.165) is 37.0 Å². The van der Waals surface area contributed by atoms with Crippen LogP contribution in [0.1, 0.15) is 98.8 Å². The van der Waals surface area contributed by atoms with Crippen LogP contribution in [0.4, 0.5) is 0 Å². The summed E-state index contributed by atoms with van der Waals surface area (Å²) in [6.07, 6.45) is 15.0. The zero-order valence-corrected chi connectivity index (χ0v) is 28.2. The first-order valence-corrected chi connectivity index (χ1v) is 16.4. The quantitative estimate of drug-likeness (QED) is 0.0755. The van der Waals surface area contributed by atoms with Gasteiger partial charge >= 0.3 is 23.9 Å². The molecule has 2 heterocycles. The molecule has 4 N–H and O–H groups in total. The number of rotatable bonds is 18. The Morgan fingerprint density at radius 1 is 0.936 bits per heavy atom. The Labute approximate surface area is 277 Å². The molecular weight excluding hydrogens is 608 g/mol. The van der Waals surface area contributed by atoms with Gasteiger partial charge in [-0.3, -0.25) is 9.59 Å². The Kier molecular flexibility index (Phi) is 15.8. The van der Waals surface area contributed by atoms with Crippen molar-refractivity contribution in [2.75, 3.05) is 0 Å². The molecule has 0 bridgehead atoms. The minimum Gasteiger partial charge on any atom is -0.481 e. The zero-order chi connectivity index (χ0) is 35.2. The fourth-order valence-corrected chi connectivity index (χ4v) is 5.85. The lowest BCUT2D eigenvalue weighted by Crippen LogP contribution is -2.50. The van der Waals surface area contributed by atoms with Crippen LogP contribution in [-0.4, -0.2) is 74.0 Å². The van der Waals surface area contributed by atoms with Crippen molar-refractivity contribution in [2.45, 2.75) is 129 Å². The summed E-state index contributed by atoms with van der Waals surface area (Å²) in [6, 6.07) is 0. The fourth-order valence-electron chi connectivity index (χ4n) is 5.85. The van der Waals surface area contributed by atoms with Crippen LogP contribution in [0.2, 0.25) is 0 Å². The highest BCUT2D eigenvalue weighted by molar-refractivity contribution is 5.81. The third kappa shape index (κ3) is 13.2. The molecule has 11 heteroatoms. The molecule has 2 aliphatic heterocycles. The number of aliphatic hydroxyl groups excluding tert-OH is 1. The summed E-state index contributed by atoms with van der Waals surface area (Å²) in [4.78, 5) is 45.8. The number of hydrogen-bond donors (Lipinski definition) is 4. The van der Waals surface area contributed by atoms with E-state index < -0.39 is 47.5 Å². The van der Waals surface area contributed by atoms with E-state index in [1.807, 2.05) is 19.9 Å². The SMILES string of the molecule is CCCCC1(C(/C=C/C(C)=C/C(=O)O)OC(=O)CCC(=O)O)CCC2(CCC(C)C(C/C=C(C)/C=C/C(O)C(C)/C=C/C(=O)O)O2)O1. The topological polar surface area (TPSA) is 177 Å². The van der Waals surface area contributed by atoms with Gasteiger partial charge in [0.1, 0.15) is 11.7 Å². The van der Waals surface area contributed by atoms with Gasteiger partial charge in [0.05, 0.1) is 25.0 Å². The molecule has 262 valence electrons. The smallest absolute Gasteiger partial charge is 0.328 e. The van der Waals surface area contributed by atoms with E-state index in [9.17, 15) is 24.3 Å². The van der Waals surface area contributed by atoms with Gasteiger partial charge in [-0.25, -0.2) is 9.59 Å². The van der Waals surface area contributed by atoms with Gasteiger partial charge in [-0.1, -0.05) is 69.6 Å². The molecule has 2 saturated heterocycles. The van der Waals surface area contributed by atoms with E-state index in [0.29, 0.717) is 37.7 Å². The number of carbonyl (C=O) groups is 4. The van der Waals surface area contributed by atoms with Crippen LogP contribution in [0.15, 0.2) is 59.8 Å². The van der Waals surface area contributed by atoms with Crippen LogP contribution in [0.3, 0.4) is 0 Å². The van der Waals surface area contributed by atoms with Crippen LogP contribution in [0.5, 0.6) is 0 Å². The first-order valence-electron chi connectivity index (χ1n) is 16.4. The number of carboxylic acids is 3. The number of ether oxygens (including phenoxy) is 3. The molecule has 2 fully saturated rings. The molecule has 1 spiro atoms. The zero-order valence-electron chi connectivity index (χ0n) is 28.2. The molecule has 0 radical (unpaired) electrons. The standard InChI is InChI=1S/C36H52O11/c1-6-7-19-35(30(14-10-25(3)23-33(42)43)45-34(44)17-16-32(40)41)21-22-36(47-35)20-18-27(5)29(46-36)13-9-24(2)8-12-28(37)26(4)11-15-31(38)39/h8-12,14-15,23,26-30,37H,6-7,13,16-22H2,1-5H3,(H,38,39)(H,40,41)(H,42,43)/b12-8+,14-10+,15-11+,24-9+,25-23+. The number of esters is 1. The lowest BCUT2D eigenvalue weighted by atomic mass is 9.85. The summed E-state index contributed by atoms with van der Waals surface area (Å²) in [7, 11) is 0. The molecule has 11 nitrogen and oxygen atoms in total. The van der Waals surface area contributed by atoms with Crippen LogP contribution >= 0.6 is 0 Å². The minimum absolute atomic E-state index is 0.163. The minimum atomic E-state index is -1.11. The van der Waals surface area contributed by atoms with Gasteiger partial charge in [-0.15, -0.1) is 0 Å². The summed E-state index contributed by atoms with van der Waals surface area (Å²) < 4.78 is 19.5. The molecule has 0 aromatic heterocycles. The number of carboxylic acid groups (broad SMARTS) is 3. The highest BCUT2D eigenvalue weighted by Crippen LogP contribution is 2.50. The highest BCUT2D eigenvalue weighted by Gasteiger charge is 2.56. The Bertz CT molecular complexity index is 1250. The maximum absolute atomic E-state index is 12.8. The van der Waals surface area contributed by atoms with Crippen molar-refractivity contribution in [3.63, 3.8) is 0 Å². The molecule has 2 aliphatic rings. The molecule has 0 aliphatic carbocycles. The van der Waals surface area contributed by atoms with E-state index >= 15 is 0 Å². The Morgan fingerprint density at radius 3 is 2.28 bits per heavy atom. The molecule has 0 amide bonds. The first kappa shape index (κ1) is 39.6. The van der Waals surface area contributed by atoms with Gasteiger partial charge in [-0.2, -0.15) is 0 Å². The molecule has 7 atom stereocenters. The van der Waals surface area contributed by atoms with Crippen molar-refractivity contribution < 1.29 is 53.8 Å². The summed E-state index contributed by atoms with van der Waals surface area (Å²) >= 11 is 0. The van der Waals surface area contributed by atoms with Crippen molar-refractivity contribution in [1.82, 2.24) is 0 Å². The van der Waals surface area contributed by atoms with Crippen LogP contribution in [0.25, 0.3) is 0 Å². The molecule has 7 unspecified atom stereocenters. The Morgan fingerprint density at radius 2 is 1.64 bits per heavy atom. The number of unbranched alkanes of at least 4 members (excludes halogenated alkanes) is 1. The third-order valence-electron chi connectivity index (χ3n) is 8.77. The van der Waals surface area contributed by atoms with Gasteiger partial charge in [0.15, 0.2) is 5.79 Å². The van der Waals surface area contributed by atoms with Crippen molar-refractivity contribution >= 4 is 23.9 Å². The Balaban J connectivity index is 2.28. The van der Waals surface area contributed by atoms with Crippen molar-refractivity contribution in [2.24, 2.45) is 11.8 Å². The average molecular weight is 661 g/mol. The monoisotopic (exact) mass is 660 g/mol. The third-order valence-corrected chi connectivity index (χ3v) is 8.77. The van der Waals surface area contributed by atoms with Gasteiger partial charge in [0.2, 0.25) is 0 Å². The van der Waals surface area contributed by atoms with E-state index in [1.165, 1.54) is 6.08 Å². The predicted octanol–water partition coefficient (Wildman–Crippen LogP) is 6.13. The lowest BCUT2D eigenvalue weighted by molar-refractivity contribution is -0.308. The van der Waals surface area contributed by atoms with Crippen LogP contribution in [0, 0.1) is 11.8 Å². The first-order chi connectivity index (χ1) is 22.1. The Hall–Kier alpha value is -3.54. The normalized spacial score (nSPS) is 27.4. The maximum Gasteiger partial charge on any atom is 0.328 e. The number of hydrogen-bond acceptors (Lipinski definition) is 8. The molecule has 47 heavy (non-hydrogen) atoms. The fraction of sp³-hybridized carbons (Fsp3) is 0.611. The summed E-state index contributed by atoms with van der Waals surface area (Å²) in [6.45, 7) is 9.46. The van der Waals surface area contributed by atoms with E-state index in [4.69, 9.17) is 29.5 Å². The van der Waals surface area contributed by atoms with Gasteiger partial charge < -0.3 is 34.6 Å². The summed E-state index contributed by atoms with van der Waals surface area (Å²) in [5.74, 6) is -4.99. The van der Waals surface area contributed by atoms with Gasteiger partial charge in [0, 0.05) is 30.9 Å². The molecule has 0 aromatic carbocycles. The summed E-state index contributed by atoms with van der Waals surface area (Å²) in [5.41, 5.74) is 0.415. The second-order valence-corrected chi connectivity index (χ2v) is 12.8.